The Morgan fingerprint density at radius 2 is 1.82 bits per heavy atom. The van der Waals surface area contributed by atoms with E-state index in [0.717, 1.165) is 44.9 Å². The molecule has 4 rings (SSSR count). The van der Waals surface area contributed by atoms with Crippen LogP contribution in [0.25, 0.3) is 0 Å². The van der Waals surface area contributed by atoms with Crippen molar-refractivity contribution in [3.8, 4) is 0 Å². The Kier molecular flexibility index (Phi) is 8.17. The Morgan fingerprint density at radius 1 is 1.15 bits per heavy atom. The largest absolute Gasteiger partial charge is 0.461 e. The van der Waals surface area contributed by atoms with Gasteiger partial charge >= 0.3 is 16.4 Å². The number of carbonyl (C=O) groups excluding carboxylic acids is 1. The summed E-state index contributed by atoms with van der Waals surface area (Å²) < 4.78 is 44.1. The lowest BCUT2D eigenvalue weighted by molar-refractivity contribution is -0.155. The van der Waals surface area contributed by atoms with E-state index in [2.05, 4.69) is 61.1 Å². The monoisotopic (exact) mass is 562 g/mol. The van der Waals surface area contributed by atoms with Gasteiger partial charge in [0.05, 0.1) is 6.10 Å². The molecule has 6 nitrogen and oxygen atoms in total. The minimum absolute atomic E-state index is 0.157. The van der Waals surface area contributed by atoms with Crippen LogP contribution in [0.3, 0.4) is 0 Å². The van der Waals surface area contributed by atoms with Gasteiger partial charge in [-0.1, -0.05) is 72.3 Å². The van der Waals surface area contributed by atoms with Gasteiger partial charge in [-0.25, -0.2) is 4.18 Å². The molecule has 0 aromatic rings. The summed E-state index contributed by atoms with van der Waals surface area (Å²) in [5, 5.41) is 0. The van der Waals surface area contributed by atoms with Crippen molar-refractivity contribution >= 4 is 16.4 Å². The van der Waals surface area contributed by atoms with E-state index in [4.69, 9.17) is 8.92 Å². The Labute approximate surface area is 236 Å². The third kappa shape index (κ3) is 5.32. The zero-order chi connectivity index (χ0) is 29.1. The van der Waals surface area contributed by atoms with Crippen LogP contribution in [0.1, 0.15) is 107 Å². The highest BCUT2D eigenvalue weighted by molar-refractivity contribution is 7.80. The average molecular weight is 563 g/mol. The van der Waals surface area contributed by atoms with Gasteiger partial charge in [-0.3, -0.25) is 9.35 Å². The van der Waals surface area contributed by atoms with E-state index in [1.165, 1.54) is 29.2 Å². The van der Waals surface area contributed by atoms with E-state index in [1.54, 1.807) is 0 Å². The van der Waals surface area contributed by atoms with Gasteiger partial charge in [-0.15, -0.1) is 0 Å². The van der Waals surface area contributed by atoms with Gasteiger partial charge in [0.25, 0.3) is 0 Å². The molecule has 220 valence electrons. The van der Waals surface area contributed by atoms with E-state index in [0.29, 0.717) is 24.2 Å². The summed E-state index contributed by atoms with van der Waals surface area (Å²) in [6, 6.07) is 0. The topological polar surface area (TPSA) is 89.9 Å². The first-order valence-electron chi connectivity index (χ1n) is 14.9. The standard InChI is InChI=1S/C32H50O6S/c1-19(2)20(3)10-11-21(4)24-13-14-25-23-12-15-27-30(6,7)28(38-39(34,35)36)16-17-31(27,8)26(23)18-29(32(24,25)9)37-22(5)33/h14,19,21,24,27-29H,3,10-13,15-18H2,1-2,4-9H3,(H,34,35,36)/t21-,24-,27?,28+,29+,31-,32-/m1/s1. The Balaban J connectivity index is 1.69. The number of allylic oxidation sites excluding steroid dienone is 3. The predicted octanol–water partition coefficient (Wildman–Crippen LogP) is 7.62. The number of fused-ring (bicyclic) bond motifs is 4. The van der Waals surface area contributed by atoms with Gasteiger partial charge in [0.2, 0.25) is 0 Å². The van der Waals surface area contributed by atoms with Crippen molar-refractivity contribution < 1.29 is 26.7 Å². The van der Waals surface area contributed by atoms with Crippen LogP contribution in [0.15, 0.2) is 34.9 Å². The Morgan fingerprint density at radius 3 is 2.41 bits per heavy atom. The quantitative estimate of drug-likeness (QED) is 0.186. The van der Waals surface area contributed by atoms with Gasteiger partial charge in [-0.2, -0.15) is 8.42 Å². The summed E-state index contributed by atoms with van der Waals surface area (Å²) in [6.07, 6.45) is 8.64. The zero-order valence-corrected chi connectivity index (χ0v) is 26.1. The maximum Gasteiger partial charge on any atom is 0.397 e. The highest BCUT2D eigenvalue weighted by Crippen LogP contribution is 2.67. The summed E-state index contributed by atoms with van der Waals surface area (Å²) in [6.45, 7) is 21.4. The van der Waals surface area contributed by atoms with Crippen molar-refractivity contribution in [2.45, 2.75) is 119 Å². The van der Waals surface area contributed by atoms with E-state index >= 15 is 0 Å². The van der Waals surface area contributed by atoms with Crippen molar-refractivity contribution in [1.29, 1.82) is 0 Å². The van der Waals surface area contributed by atoms with Crippen molar-refractivity contribution in [2.75, 3.05) is 0 Å². The van der Waals surface area contributed by atoms with Crippen molar-refractivity contribution in [1.82, 2.24) is 0 Å². The van der Waals surface area contributed by atoms with Crippen LogP contribution in [0.4, 0.5) is 0 Å². The van der Waals surface area contributed by atoms with Crippen LogP contribution >= 0.6 is 0 Å². The summed E-state index contributed by atoms with van der Waals surface area (Å²) in [7, 11) is -4.53. The third-order valence-electron chi connectivity index (χ3n) is 11.4. The smallest absolute Gasteiger partial charge is 0.397 e. The molecule has 0 radical (unpaired) electrons. The molecule has 4 aliphatic carbocycles. The van der Waals surface area contributed by atoms with E-state index in [1.807, 2.05) is 0 Å². The highest BCUT2D eigenvalue weighted by Gasteiger charge is 2.61. The fraction of sp³-hybridized carbons (Fsp3) is 0.781. The second-order valence-corrected chi connectivity index (χ2v) is 15.3. The van der Waals surface area contributed by atoms with Crippen LogP contribution in [-0.4, -0.2) is 31.1 Å². The molecule has 1 N–H and O–H groups in total. The van der Waals surface area contributed by atoms with Gasteiger partial charge < -0.3 is 4.74 Å². The normalized spacial score (nSPS) is 36.5. The number of hydrogen-bond donors (Lipinski definition) is 1. The molecule has 0 amide bonds. The molecular formula is C32H50O6S. The molecule has 0 aromatic carbocycles. The van der Waals surface area contributed by atoms with Crippen molar-refractivity contribution in [3.63, 3.8) is 0 Å². The molecule has 7 heteroatoms. The number of carbonyl (C=O) groups is 1. The summed E-state index contributed by atoms with van der Waals surface area (Å²) in [4.78, 5) is 12.4. The fourth-order valence-corrected chi connectivity index (χ4v) is 9.73. The van der Waals surface area contributed by atoms with E-state index in [-0.39, 0.29) is 28.8 Å². The molecule has 0 aliphatic heterocycles. The minimum Gasteiger partial charge on any atom is -0.461 e. The van der Waals surface area contributed by atoms with Gasteiger partial charge in [0, 0.05) is 18.8 Å². The molecule has 1 fully saturated rings. The Hall–Kier alpha value is -1.44. The molecule has 0 bridgehead atoms. The second-order valence-electron chi connectivity index (χ2n) is 14.2. The first-order chi connectivity index (χ1) is 17.9. The first-order valence-corrected chi connectivity index (χ1v) is 16.2. The molecule has 1 saturated carbocycles. The molecule has 39 heavy (non-hydrogen) atoms. The molecule has 4 aliphatic rings. The van der Waals surface area contributed by atoms with Crippen LogP contribution < -0.4 is 0 Å². The maximum atomic E-state index is 12.4. The van der Waals surface area contributed by atoms with Crippen LogP contribution in [0, 0.1) is 39.9 Å². The van der Waals surface area contributed by atoms with Crippen molar-refractivity contribution in [2.24, 2.45) is 39.9 Å². The van der Waals surface area contributed by atoms with Crippen molar-refractivity contribution in [3.05, 3.63) is 34.9 Å². The molecule has 0 aromatic heterocycles. The Bertz CT molecular complexity index is 1180. The number of ether oxygens (including phenoxy) is 1. The summed E-state index contributed by atoms with van der Waals surface area (Å²) >= 11 is 0. The number of esters is 1. The number of hydrogen-bond acceptors (Lipinski definition) is 5. The second kappa shape index (κ2) is 10.4. The lowest BCUT2D eigenvalue weighted by Crippen LogP contribution is -2.56. The lowest BCUT2D eigenvalue weighted by atomic mass is 9.46. The minimum atomic E-state index is -4.53. The van der Waals surface area contributed by atoms with Crippen LogP contribution in [0.2, 0.25) is 0 Å². The maximum absolute atomic E-state index is 12.4. The number of rotatable bonds is 8. The van der Waals surface area contributed by atoms with E-state index < -0.39 is 21.9 Å². The highest BCUT2D eigenvalue weighted by atomic mass is 32.3. The molecule has 7 atom stereocenters. The van der Waals surface area contributed by atoms with Crippen LogP contribution in [0.5, 0.6) is 0 Å². The van der Waals surface area contributed by atoms with Gasteiger partial charge in [-0.05, 0) is 90.6 Å². The summed E-state index contributed by atoms with van der Waals surface area (Å²) in [5.74, 6) is 1.30. The van der Waals surface area contributed by atoms with Gasteiger partial charge in [0.15, 0.2) is 0 Å². The summed E-state index contributed by atoms with van der Waals surface area (Å²) in [5.41, 5.74) is 4.68. The fourth-order valence-electron chi connectivity index (χ4n) is 9.09. The lowest BCUT2D eigenvalue weighted by Gasteiger charge is -2.60. The predicted molar refractivity (Wildman–Crippen MR) is 154 cm³/mol. The third-order valence-corrected chi connectivity index (χ3v) is 11.9. The molecule has 0 heterocycles. The van der Waals surface area contributed by atoms with Crippen LogP contribution in [-0.2, 0) is 24.1 Å². The molecule has 1 unspecified atom stereocenters. The zero-order valence-electron chi connectivity index (χ0n) is 25.3. The molecule has 0 saturated heterocycles. The molecule has 0 spiro atoms. The van der Waals surface area contributed by atoms with E-state index in [9.17, 15) is 17.8 Å². The average Bonchev–Trinajstić information content (AvgIpc) is 3.17. The first kappa shape index (κ1) is 30.5. The molecular weight excluding hydrogens is 512 g/mol. The van der Waals surface area contributed by atoms with Gasteiger partial charge in [0.1, 0.15) is 6.10 Å². The SMILES string of the molecule is C=C(CC[C@@H](C)[C@H]1CC=C2C3=C(C[C@H](OC(C)=O)[C@@]21C)[C@@]1(C)CC[C@H](OS(=O)(=O)O)C(C)(C)C1CC3)C(C)C.